The standard InChI is InChI=1S/C15H12N4O2/c1-9-6-7-13(19(20)21)10(8-9)14-15(16)18-12-5-3-2-4-11(12)17-14/h2-8H,1H3,(H2,16,18). The van der Waals surface area contributed by atoms with Crippen molar-refractivity contribution in [3.05, 3.63) is 58.1 Å². The van der Waals surface area contributed by atoms with Gasteiger partial charge < -0.3 is 5.73 Å². The molecule has 104 valence electrons. The van der Waals surface area contributed by atoms with E-state index in [-0.39, 0.29) is 11.5 Å². The summed E-state index contributed by atoms with van der Waals surface area (Å²) < 4.78 is 0. The number of hydrogen-bond acceptors (Lipinski definition) is 5. The van der Waals surface area contributed by atoms with E-state index in [1.807, 2.05) is 19.1 Å². The lowest BCUT2D eigenvalue weighted by molar-refractivity contribution is -0.384. The van der Waals surface area contributed by atoms with Crippen molar-refractivity contribution in [3.63, 3.8) is 0 Å². The van der Waals surface area contributed by atoms with Crippen molar-refractivity contribution in [1.82, 2.24) is 9.97 Å². The molecule has 1 heterocycles. The molecule has 0 aliphatic carbocycles. The van der Waals surface area contributed by atoms with Crippen LogP contribution < -0.4 is 5.73 Å². The minimum absolute atomic E-state index is 0.0307. The molecule has 21 heavy (non-hydrogen) atoms. The molecule has 0 aliphatic heterocycles. The topological polar surface area (TPSA) is 94.9 Å². The Labute approximate surface area is 120 Å². The summed E-state index contributed by atoms with van der Waals surface area (Å²) in [5, 5.41) is 11.2. The Morgan fingerprint density at radius 3 is 2.43 bits per heavy atom. The molecule has 0 atom stereocenters. The Morgan fingerprint density at radius 1 is 1.10 bits per heavy atom. The first-order chi connectivity index (χ1) is 10.1. The fraction of sp³-hybridized carbons (Fsp3) is 0.0667. The number of anilines is 1. The zero-order valence-electron chi connectivity index (χ0n) is 11.3. The first-order valence-corrected chi connectivity index (χ1v) is 6.34. The van der Waals surface area contributed by atoms with E-state index in [0.717, 1.165) is 5.56 Å². The van der Waals surface area contributed by atoms with Gasteiger partial charge in [-0.2, -0.15) is 0 Å². The number of fused-ring (bicyclic) bond motifs is 1. The van der Waals surface area contributed by atoms with Crippen molar-refractivity contribution < 1.29 is 4.92 Å². The molecule has 1 aromatic heterocycles. The number of para-hydroxylation sites is 2. The van der Waals surface area contributed by atoms with Crippen molar-refractivity contribution in [1.29, 1.82) is 0 Å². The zero-order chi connectivity index (χ0) is 15.0. The summed E-state index contributed by atoms with van der Waals surface area (Å²) in [6.07, 6.45) is 0. The molecule has 6 nitrogen and oxygen atoms in total. The normalized spacial score (nSPS) is 10.7. The molecule has 0 amide bonds. The van der Waals surface area contributed by atoms with Gasteiger partial charge in [-0.05, 0) is 30.7 Å². The Hall–Kier alpha value is -3.02. The summed E-state index contributed by atoms with van der Waals surface area (Å²) in [4.78, 5) is 19.5. The van der Waals surface area contributed by atoms with Gasteiger partial charge in [-0.15, -0.1) is 0 Å². The molecular weight excluding hydrogens is 268 g/mol. The van der Waals surface area contributed by atoms with Crippen molar-refractivity contribution in [3.8, 4) is 11.3 Å². The SMILES string of the molecule is Cc1ccc([N+](=O)[O-])c(-c2nc3ccccc3nc2N)c1. The van der Waals surface area contributed by atoms with Gasteiger partial charge in [0.2, 0.25) is 0 Å². The molecule has 0 saturated carbocycles. The third kappa shape index (κ3) is 2.27. The van der Waals surface area contributed by atoms with E-state index in [4.69, 9.17) is 5.73 Å². The Kier molecular flexibility index (Phi) is 2.98. The van der Waals surface area contributed by atoms with Crippen molar-refractivity contribution in [2.75, 3.05) is 5.73 Å². The fourth-order valence-corrected chi connectivity index (χ4v) is 2.21. The van der Waals surface area contributed by atoms with E-state index in [1.54, 1.807) is 24.3 Å². The highest BCUT2D eigenvalue weighted by Gasteiger charge is 2.19. The molecule has 0 saturated heterocycles. The lowest BCUT2D eigenvalue weighted by Gasteiger charge is -2.08. The van der Waals surface area contributed by atoms with Crippen LogP contribution in [0.25, 0.3) is 22.3 Å². The molecule has 0 unspecified atom stereocenters. The average Bonchev–Trinajstić information content (AvgIpc) is 2.46. The Balaban J connectivity index is 2.32. The third-order valence-electron chi connectivity index (χ3n) is 3.20. The van der Waals surface area contributed by atoms with Crippen molar-refractivity contribution in [2.45, 2.75) is 6.92 Å². The average molecular weight is 280 g/mol. The number of aryl methyl sites for hydroxylation is 1. The molecule has 2 aromatic carbocycles. The molecule has 0 aliphatic rings. The highest BCUT2D eigenvalue weighted by molar-refractivity contribution is 5.85. The van der Waals surface area contributed by atoms with Gasteiger partial charge in [-0.3, -0.25) is 10.1 Å². The van der Waals surface area contributed by atoms with Gasteiger partial charge in [0.1, 0.15) is 5.69 Å². The van der Waals surface area contributed by atoms with Gasteiger partial charge in [0, 0.05) is 6.07 Å². The summed E-state index contributed by atoms with van der Waals surface area (Å²) in [6.45, 7) is 1.86. The first kappa shape index (κ1) is 13.0. The second kappa shape index (κ2) is 4.82. The van der Waals surface area contributed by atoms with E-state index in [0.29, 0.717) is 22.3 Å². The van der Waals surface area contributed by atoms with Crippen LogP contribution in [0.15, 0.2) is 42.5 Å². The predicted molar refractivity (Wildman–Crippen MR) is 80.8 cm³/mol. The molecule has 3 rings (SSSR count). The Bertz CT molecular complexity index is 861. The van der Waals surface area contributed by atoms with E-state index < -0.39 is 4.92 Å². The number of nitro groups is 1. The molecule has 3 aromatic rings. The van der Waals surface area contributed by atoms with Gasteiger partial charge in [0.15, 0.2) is 5.82 Å². The van der Waals surface area contributed by atoms with E-state index in [2.05, 4.69) is 9.97 Å². The van der Waals surface area contributed by atoms with Gasteiger partial charge in [-0.1, -0.05) is 18.2 Å². The zero-order valence-corrected chi connectivity index (χ0v) is 11.3. The van der Waals surface area contributed by atoms with Crippen LogP contribution in [0.3, 0.4) is 0 Å². The maximum absolute atomic E-state index is 11.2. The van der Waals surface area contributed by atoms with Gasteiger partial charge >= 0.3 is 0 Å². The van der Waals surface area contributed by atoms with Crippen molar-refractivity contribution >= 4 is 22.5 Å². The van der Waals surface area contributed by atoms with Crippen LogP contribution in [0.2, 0.25) is 0 Å². The number of aromatic nitrogens is 2. The molecule has 0 bridgehead atoms. The van der Waals surface area contributed by atoms with Gasteiger partial charge in [-0.25, -0.2) is 9.97 Å². The lowest BCUT2D eigenvalue weighted by Crippen LogP contribution is -2.01. The van der Waals surface area contributed by atoms with Crippen LogP contribution in [0, 0.1) is 17.0 Å². The third-order valence-corrected chi connectivity index (χ3v) is 3.20. The summed E-state index contributed by atoms with van der Waals surface area (Å²) >= 11 is 0. The molecular formula is C15H12N4O2. The molecule has 0 radical (unpaired) electrons. The summed E-state index contributed by atoms with van der Waals surface area (Å²) in [5.41, 5.74) is 8.84. The minimum atomic E-state index is -0.439. The van der Waals surface area contributed by atoms with E-state index in [9.17, 15) is 10.1 Å². The molecule has 2 N–H and O–H groups in total. The Morgan fingerprint density at radius 2 is 1.76 bits per heavy atom. The number of nitro benzene ring substituents is 1. The first-order valence-electron chi connectivity index (χ1n) is 6.34. The summed E-state index contributed by atoms with van der Waals surface area (Å²) in [7, 11) is 0. The fourth-order valence-electron chi connectivity index (χ4n) is 2.21. The van der Waals surface area contributed by atoms with E-state index >= 15 is 0 Å². The maximum atomic E-state index is 11.2. The van der Waals surface area contributed by atoms with Crippen LogP contribution in [0.1, 0.15) is 5.56 Å². The number of nitrogens with zero attached hydrogens (tertiary/aromatic N) is 3. The minimum Gasteiger partial charge on any atom is -0.382 e. The predicted octanol–water partition coefficient (Wildman–Crippen LogP) is 3.10. The highest BCUT2D eigenvalue weighted by atomic mass is 16.6. The smallest absolute Gasteiger partial charge is 0.278 e. The molecule has 0 fully saturated rings. The van der Waals surface area contributed by atoms with Gasteiger partial charge in [0.05, 0.1) is 21.5 Å². The molecule has 0 spiro atoms. The van der Waals surface area contributed by atoms with Crippen LogP contribution in [0.5, 0.6) is 0 Å². The summed E-state index contributed by atoms with van der Waals surface area (Å²) in [6, 6.07) is 12.1. The largest absolute Gasteiger partial charge is 0.382 e. The lowest BCUT2D eigenvalue weighted by atomic mass is 10.1. The monoisotopic (exact) mass is 280 g/mol. The number of nitrogens with two attached hydrogens (primary N) is 1. The molecule has 6 heteroatoms. The maximum Gasteiger partial charge on any atom is 0.278 e. The van der Waals surface area contributed by atoms with Crippen LogP contribution >= 0.6 is 0 Å². The number of hydrogen-bond donors (Lipinski definition) is 1. The van der Waals surface area contributed by atoms with Crippen LogP contribution in [-0.2, 0) is 0 Å². The number of rotatable bonds is 2. The second-order valence-corrected chi connectivity index (χ2v) is 4.72. The highest BCUT2D eigenvalue weighted by Crippen LogP contribution is 2.33. The quantitative estimate of drug-likeness (QED) is 0.575. The number of benzene rings is 2. The van der Waals surface area contributed by atoms with Crippen LogP contribution in [-0.4, -0.2) is 14.9 Å². The summed E-state index contributed by atoms with van der Waals surface area (Å²) in [5.74, 6) is 0.183. The number of nitrogen functional groups attached to an aromatic ring is 1. The van der Waals surface area contributed by atoms with E-state index in [1.165, 1.54) is 6.07 Å². The van der Waals surface area contributed by atoms with Crippen LogP contribution in [0.4, 0.5) is 11.5 Å². The van der Waals surface area contributed by atoms with Crippen molar-refractivity contribution in [2.24, 2.45) is 0 Å². The van der Waals surface area contributed by atoms with Gasteiger partial charge in [0.25, 0.3) is 5.69 Å². The second-order valence-electron chi connectivity index (χ2n) is 4.72.